The highest BCUT2D eigenvalue weighted by Gasteiger charge is 2.44. The fourth-order valence-electron chi connectivity index (χ4n) is 7.10. The van der Waals surface area contributed by atoms with Crippen LogP contribution in [0, 0.1) is 5.92 Å². The fraction of sp³-hybridized carbons (Fsp3) is 0.344. The zero-order valence-corrected chi connectivity index (χ0v) is 21.5. The molecule has 192 valence electrons. The summed E-state index contributed by atoms with van der Waals surface area (Å²) in [5.74, 6) is 0.151. The first-order chi connectivity index (χ1) is 18.6. The van der Waals surface area contributed by atoms with Gasteiger partial charge in [0.15, 0.2) is 5.78 Å². The number of carbonyl (C=O) groups is 2. The van der Waals surface area contributed by atoms with E-state index in [1.807, 2.05) is 36.3 Å². The second kappa shape index (κ2) is 9.12. The maximum Gasteiger partial charge on any atom is 0.410 e. The molecule has 0 saturated carbocycles. The largest absolute Gasteiger partial charge is 0.448 e. The molecule has 3 aromatic carbocycles. The number of Topliss-reactive ketones (excluding diaryl/α,β-unsaturated/α-hetero) is 1. The van der Waals surface area contributed by atoms with Gasteiger partial charge >= 0.3 is 6.09 Å². The molecule has 3 aliphatic rings. The summed E-state index contributed by atoms with van der Waals surface area (Å²) in [6.07, 6.45) is 5.91. The Morgan fingerprint density at radius 2 is 1.58 bits per heavy atom. The van der Waals surface area contributed by atoms with Crippen molar-refractivity contribution in [1.29, 1.82) is 0 Å². The van der Waals surface area contributed by atoms with Gasteiger partial charge in [-0.25, -0.2) is 4.79 Å². The molecule has 2 aliphatic heterocycles. The summed E-state index contributed by atoms with van der Waals surface area (Å²) in [7, 11) is 1.90. The molecule has 2 unspecified atom stereocenters. The average Bonchev–Trinajstić information content (AvgIpc) is 3.47. The van der Waals surface area contributed by atoms with Crippen LogP contribution in [0.25, 0.3) is 22.0 Å². The van der Waals surface area contributed by atoms with Gasteiger partial charge in [0, 0.05) is 41.9 Å². The summed E-state index contributed by atoms with van der Waals surface area (Å²) >= 11 is 0. The Balaban J connectivity index is 1.07. The van der Waals surface area contributed by atoms with Gasteiger partial charge < -0.3 is 9.64 Å². The van der Waals surface area contributed by atoms with Crippen LogP contribution in [-0.2, 0) is 11.8 Å². The molecule has 4 aromatic rings. The Bertz CT molecular complexity index is 1500. The van der Waals surface area contributed by atoms with Crippen molar-refractivity contribution in [3.8, 4) is 11.1 Å². The number of aromatic nitrogens is 2. The Morgan fingerprint density at radius 1 is 0.921 bits per heavy atom. The molecule has 1 amide bonds. The average molecular weight is 506 g/mol. The molecule has 2 atom stereocenters. The lowest BCUT2D eigenvalue weighted by Crippen LogP contribution is -2.55. The minimum absolute atomic E-state index is 0.0484. The maximum absolute atomic E-state index is 13.6. The van der Waals surface area contributed by atoms with E-state index in [1.54, 1.807) is 4.68 Å². The van der Waals surface area contributed by atoms with Crippen LogP contribution < -0.4 is 0 Å². The molecule has 1 aliphatic carbocycles. The fourth-order valence-corrected chi connectivity index (χ4v) is 7.10. The second-order valence-electron chi connectivity index (χ2n) is 11.0. The normalized spacial score (nSPS) is 22.2. The van der Waals surface area contributed by atoms with Gasteiger partial charge in [0.05, 0.1) is 11.7 Å². The third kappa shape index (κ3) is 3.73. The molecule has 38 heavy (non-hydrogen) atoms. The number of aryl methyl sites for hydroxylation is 1. The van der Waals surface area contributed by atoms with E-state index in [4.69, 9.17) is 4.74 Å². The first kappa shape index (κ1) is 23.2. The van der Waals surface area contributed by atoms with Crippen LogP contribution >= 0.6 is 0 Å². The van der Waals surface area contributed by atoms with Gasteiger partial charge in [0.1, 0.15) is 6.61 Å². The van der Waals surface area contributed by atoms with Crippen molar-refractivity contribution in [3.63, 3.8) is 0 Å². The number of rotatable bonds is 4. The molecule has 6 heteroatoms. The second-order valence-corrected chi connectivity index (χ2v) is 11.0. The van der Waals surface area contributed by atoms with Gasteiger partial charge in [-0.2, -0.15) is 5.10 Å². The van der Waals surface area contributed by atoms with Crippen molar-refractivity contribution >= 4 is 22.8 Å². The first-order valence-electron chi connectivity index (χ1n) is 13.7. The Hall–Kier alpha value is -3.93. The maximum atomic E-state index is 13.6. The zero-order chi connectivity index (χ0) is 25.8. The lowest BCUT2D eigenvalue weighted by molar-refractivity contribution is 0.00651. The highest BCUT2D eigenvalue weighted by atomic mass is 16.6. The van der Waals surface area contributed by atoms with Crippen LogP contribution in [0.15, 0.2) is 72.9 Å². The van der Waals surface area contributed by atoms with Gasteiger partial charge in [0.25, 0.3) is 0 Å². The molecule has 1 aromatic heterocycles. The zero-order valence-electron chi connectivity index (χ0n) is 21.5. The van der Waals surface area contributed by atoms with E-state index in [0.717, 1.165) is 35.7 Å². The lowest BCUT2D eigenvalue weighted by atomic mass is 9.76. The number of carbonyl (C=O) groups excluding carboxylic acids is 2. The molecule has 2 saturated heterocycles. The predicted octanol–water partition coefficient (Wildman–Crippen LogP) is 6.34. The number of ketones is 1. The third-order valence-electron chi connectivity index (χ3n) is 8.93. The van der Waals surface area contributed by atoms with Crippen LogP contribution in [0.2, 0.25) is 0 Å². The quantitative estimate of drug-likeness (QED) is 0.304. The number of amides is 1. The monoisotopic (exact) mass is 505 g/mol. The highest BCUT2D eigenvalue weighted by Crippen LogP contribution is 2.45. The topological polar surface area (TPSA) is 64.4 Å². The van der Waals surface area contributed by atoms with Crippen molar-refractivity contribution in [2.24, 2.45) is 13.0 Å². The van der Waals surface area contributed by atoms with E-state index < -0.39 is 0 Å². The molecule has 0 spiro atoms. The van der Waals surface area contributed by atoms with Crippen molar-refractivity contribution in [2.75, 3.05) is 6.61 Å². The third-order valence-corrected chi connectivity index (χ3v) is 8.93. The summed E-state index contributed by atoms with van der Waals surface area (Å²) < 4.78 is 7.85. The summed E-state index contributed by atoms with van der Waals surface area (Å²) in [4.78, 5) is 29.0. The van der Waals surface area contributed by atoms with Crippen molar-refractivity contribution in [1.82, 2.24) is 14.7 Å². The van der Waals surface area contributed by atoms with E-state index in [9.17, 15) is 9.59 Å². The van der Waals surface area contributed by atoms with E-state index in [0.29, 0.717) is 19.4 Å². The number of ether oxygens (including phenoxy) is 1. The predicted molar refractivity (Wildman–Crippen MR) is 146 cm³/mol. The Kier molecular flexibility index (Phi) is 5.57. The standard InChI is InChI=1S/C32H31N3O3/c1-34-30-17-20(13-14-21(30)18-33-34)31(36)22-15-23-7-6-8-24(16-22)35(23)32(37)38-19-29-27-11-4-2-9-25(27)26-10-3-5-12-28(26)29/h2-5,9-14,17-18,22-24,29H,6-8,15-16,19H2,1H3. The molecule has 0 N–H and O–H groups in total. The van der Waals surface area contributed by atoms with E-state index >= 15 is 0 Å². The number of benzene rings is 3. The van der Waals surface area contributed by atoms with Gasteiger partial charge in [-0.1, -0.05) is 60.7 Å². The Morgan fingerprint density at radius 3 is 2.26 bits per heavy atom. The lowest BCUT2D eigenvalue weighted by Gasteiger charge is -2.47. The van der Waals surface area contributed by atoms with Crippen LogP contribution in [0.5, 0.6) is 0 Å². The van der Waals surface area contributed by atoms with Crippen LogP contribution in [0.3, 0.4) is 0 Å². The van der Waals surface area contributed by atoms with E-state index in [-0.39, 0.29) is 35.8 Å². The molecule has 7 rings (SSSR count). The molecular weight excluding hydrogens is 474 g/mol. The number of hydrogen-bond donors (Lipinski definition) is 0. The number of nitrogens with zero attached hydrogens (tertiary/aromatic N) is 3. The number of fused-ring (bicyclic) bond motifs is 6. The molecular formula is C32H31N3O3. The Labute approximate surface area is 222 Å². The highest BCUT2D eigenvalue weighted by molar-refractivity contribution is 6.01. The number of hydrogen-bond acceptors (Lipinski definition) is 4. The SMILES string of the molecule is Cn1ncc2ccc(C(=O)C3CC4CCCC(C3)N4C(=O)OCC3c4ccccc4-c4ccccc43)cc21. The van der Waals surface area contributed by atoms with Gasteiger partial charge in [0.2, 0.25) is 0 Å². The summed E-state index contributed by atoms with van der Waals surface area (Å²) in [6, 6.07) is 22.8. The van der Waals surface area contributed by atoms with Gasteiger partial charge in [-0.15, -0.1) is 0 Å². The summed E-state index contributed by atoms with van der Waals surface area (Å²) in [5.41, 5.74) is 6.59. The molecule has 2 bridgehead atoms. The minimum Gasteiger partial charge on any atom is -0.448 e. The molecule has 6 nitrogen and oxygen atoms in total. The molecule has 0 radical (unpaired) electrons. The molecule has 2 fully saturated rings. The van der Waals surface area contributed by atoms with Crippen LogP contribution in [0.1, 0.15) is 59.5 Å². The summed E-state index contributed by atoms with van der Waals surface area (Å²) in [6.45, 7) is 0.329. The smallest absolute Gasteiger partial charge is 0.410 e. The van der Waals surface area contributed by atoms with Crippen LogP contribution in [-0.4, -0.2) is 45.2 Å². The van der Waals surface area contributed by atoms with Gasteiger partial charge in [-0.05, 0) is 60.4 Å². The van der Waals surface area contributed by atoms with Crippen molar-refractivity contribution in [2.45, 2.75) is 50.1 Å². The van der Waals surface area contributed by atoms with E-state index in [1.165, 1.54) is 22.3 Å². The van der Waals surface area contributed by atoms with Crippen molar-refractivity contribution in [3.05, 3.63) is 89.6 Å². The summed E-state index contributed by atoms with van der Waals surface area (Å²) in [5, 5.41) is 5.34. The van der Waals surface area contributed by atoms with Crippen molar-refractivity contribution < 1.29 is 14.3 Å². The first-order valence-corrected chi connectivity index (χ1v) is 13.7. The van der Waals surface area contributed by atoms with Gasteiger partial charge in [-0.3, -0.25) is 9.48 Å². The molecule has 3 heterocycles. The number of piperidine rings is 2. The minimum atomic E-state index is -0.233. The van der Waals surface area contributed by atoms with E-state index in [2.05, 4.69) is 53.6 Å². The van der Waals surface area contributed by atoms with Crippen LogP contribution in [0.4, 0.5) is 4.79 Å².